The summed E-state index contributed by atoms with van der Waals surface area (Å²) in [7, 11) is 0. The van der Waals surface area contributed by atoms with Gasteiger partial charge in [-0.25, -0.2) is 0 Å². The minimum Gasteiger partial charge on any atom is -0.350 e. The fraction of sp³-hybridized carbons (Fsp3) is 0.333. The molecule has 2 amide bonds. The van der Waals surface area contributed by atoms with Crippen LogP contribution in [-0.2, 0) is 16.1 Å². The minimum atomic E-state index is -0.446. The molecule has 4 nitrogen and oxygen atoms in total. The van der Waals surface area contributed by atoms with Crippen LogP contribution in [-0.4, -0.2) is 29.4 Å². The summed E-state index contributed by atoms with van der Waals surface area (Å²) in [5.41, 5.74) is 0.863. The largest absolute Gasteiger partial charge is 0.350 e. The van der Waals surface area contributed by atoms with E-state index < -0.39 is 6.04 Å². The van der Waals surface area contributed by atoms with Crippen molar-refractivity contribution in [1.29, 1.82) is 0 Å². The fourth-order valence-electron chi connectivity index (χ4n) is 1.64. The monoisotopic (exact) mass is 284 g/mol. The number of amides is 2. The Hall–Kier alpha value is -1.20. The maximum atomic E-state index is 11.8. The third kappa shape index (κ3) is 3.40. The predicted octanol–water partition coefficient (Wildman–Crippen LogP) is 1.19. The van der Waals surface area contributed by atoms with Crippen LogP contribution in [0.2, 0.25) is 5.02 Å². The van der Waals surface area contributed by atoms with Crippen LogP contribution in [0.1, 0.15) is 5.56 Å². The van der Waals surface area contributed by atoms with Gasteiger partial charge in [-0.05, 0) is 11.6 Å². The molecule has 0 spiro atoms. The lowest BCUT2D eigenvalue weighted by Gasteiger charge is -2.22. The Morgan fingerprint density at radius 1 is 1.50 bits per heavy atom. The van der Waals surface area contributed by atoms with Gasteiger partial charge in [-0.3, -0.25) is 9.59 Å². The second kappa shape index (κ2) is 6.11. The highest BCUT2D eigenvalue weighted by Gasteiger charge is 2.24. The highest BCUT2D eigenvalue weighted by atomic mass is 35.5. The molecule has 96 valence electrons. The van der Waals surface area contributed by atoms with E-state index >= 15 is 0 Å². The normalized spacial score (nSPS) is 19.2. The Labute approximate surface area is 114 Å². The van der Waals surface area contributed by atoms with Crippen molar-refractivity contribution in [2.45, 2.75) is 12.6 Å². The van der Waals surface area contributed by atoms with Crippen LogP contribution in [0.15, 0.2) is 24.3 Å². The zero-order chi connectivity index (χ0) is 13.0. The number of hydrogen-bond donors (Lipinski definition) is 2. The highest BCUT2D eigenvalue weighted by molar-refractivity contribution is 8.00. The molecule has 1 aliphatic heterocycles. The van der Waals surface area contributed by atoms with Crippen molar-refractivity contribution in [2.75, 3.05) is 11.5 Å². The number of carbonyl (C=O) groups is 2. The van der Waals surface area contributed by atoms with Crippen LogP contribution in [0.25, 0.3) is 0 Å². The molecule has 1 unspecified atom stereocenters. The van der Waals surface area contributed by atoms with E-state index in [2.05, 4.69) is 10.6 Å². The molecule has 6 heteroatoms. The quantitative estimate of drug-likeness (QED) is 0.877. The summed E-state index contributed by atoms with van der Waals surface area (Å²) in [6, 6.07) is 6.90. The molecule has 2 N–H and O–H groups in total. The SMILES string of the molecule is O=C1CSCC(C(=O)NCc2ccccc2Cl)N1. The summed E-state index contributed by atoms with van der Waals surface area (Å²) in [4.78, 5) is 23.0. The van der Waals surface area contributed by atoms with Gasteiger partial charge in [0.2, 0.25) is 11.8 Å². The van der Waals surface area contributed by atoms with Crippen molar-refractivity contribution in [2.24, 2.45) is 0 Å². The number of carbonyl (C=O) groups excluding carboxylic acids is 2. The summed E-state index contributed by atoms with van der Waals surface area (Å²) in [5.74, 6) is 0.772. The van der Waals surface area contributed by atoms with Crippen molar-refractivity contribution in [1.82, 2.24) is 10.6 Å². The van der Waals surface area contributed by atoms with Gasteiger partial charge in [0.25, 0.3) is 0 Å². The molecule has 1 fully saturated rings. The van der Waals surface area contributed by atoms with E-state index in [1.165, 1.54) is 11.8 Å². The molecule has 1 heterocycles. The molecular formula is C12H13ClN2O2S. The molecule has 0 bridgehead atoms. The molecule has 18 heavy (non-hydrogen) atoms. The first-order valence-electron chi connectivity index (χ1n) is 5.55. The zero-order valence-electron chi connectivity index (χ0n) is 9.61. The maximum Gasteiger partial charge on any atom is 0.243 e. The summed E-state index contributed by atoms with van der Waals surface area (Å²) < 4.78 is 0. The lowest BCUT2D eigenvalue weighted by Crippen LogP contribution is -2.51. The number of rotatable bonds is 3. The standard InChI is InChI=1S/C12H13ClN2O2S/c13-9-4-2-1-3-8(9)5-14-12(17)10-6-18-7-11(16)15-10/h1-4,10H,5-7H2,(H,14,17)(H,15,16). The van der Waals surface area contributed by atoms with Gasteiger partial charge >= 0.3 is 0 Å². The van der Waals surface area contributed by atoms with E-state index in [0.717, 1.165) is 5.56 Å². The number of halogens is 1. The van der Waals surface area contributed by atoms with E-state index in [-0.39, 0.29) is 11.8 Å². The van der Waals surface area contributed by atoms with Gasteiger partial charge in [-0.2, -0.15) is 0 Å². The van der Waals surface area contributed by atoms with Crippen LogP contribution in [0.5, 0.6) is 0 Å². The molecule has 1 aliphatic rings. The number of benzene rings is 1. The molecule has 0 saturated carbocycles. The summed E-state index contributed by atoms with van der Waals surface area (Å²) >= 11 is 7.46. The molecule has 0 radical (unpaired) electrons. The Morgan fingerprint density at radius 3 is 3.00 bits per heavy atom. The number of nitrogens with one attached hydrogen (secondary N) is 2. The Morgan fingerprint density at radius 2 is 2.28 bits per heavy atom. The molecule has 1 aromatic carbocycles. The van der Waals surface area contributed by atoms with Crippen molar-refractivity contribution >= 4 is 35.2 Å². The van der Waals surface area contributed by atoms with E-state index in [9.17, 15) is 9.59 Å². The molecule has 1 atom stereocenters. The van der Waals surface area contributed by atoms with Gasteiger partial charge in [0.05, 0.1) is 5.75 Å². The second-order valence-corrected chi connectivity index (χ2v) is 5.38. The summed E-state index contributed by atoms with van der Waals surface area (Å²) in [6.45, 7) is 0.371. The molecule has 1 saturated heterocycles. The van der Waals surface area contributed by atoms with Crippen molar-refractivity contribution in [3.05, 3.63) is 34.9 Å². The van der Waals surface area contributed by atoms with E-state index in [4.69, 9.17) is 11.6 Å². The van der Waals surface area contributed by atoms with Crippen LogP contribution < -0.4 is 10.6 Å². The first kappa shape index (κ1) is 13.2. The van der Waals surface area contributed by atoms with Gasteiger partial charge in [-0.15, -0.1) is 11.8 Å². The van der Waals surface area contributed by atoms with Crippen molar-refractivity contribution in [3.8, 4) is 0 Å². The molecule has 1 aromatic rings. The van der Waals surface area contributed by atoms with Crippen LogP contribution >= 0.6 is 23.4 Å². The van der Waals surface area contributed by atoms with E-state index in [1.807, 2.05) is 18.2 Å². The van der Waals surface area contributed by atoms with Gasteiger partial charge in [-0.1, -0.05) is 29.8 Å². The van der Waals surface area contributed by atoms with Gasteiger partial charge in [0.1, 0.15) is 6.04 Å². The maximum absolute atomic E-state index is 11.8. The highest BCUT2D eigenvalue weighted by Crippen LogP contribution is 2.14. The first-order chi connectivity index (χ1) is 8.66. The van der Waals surface area contributed by atoms with Crippen molar-refractivity contribution in [3.63, 3.8) is 0 Å². The average molecular weight is 285 g/mol. The smallest absolute Gasteiger partial charge is 0.243 e. The average Bonchev–Trinajstić information content (AvgIpc) is 2.37. The number of hydrogen-bond acceptors (Lipinski definition) is 3. The molecule has 0 aromatic heterocycles. The second-order valence-electron chi connectivity index (χ2n) is 3.94. The Bertz CT molecular complexity index is 467. The van der Waals surface area contributed by atoms with E-state index in [0.29, 0.717) is 23.1 Å². The van der Waals surface area contributed by atoms with Gasteiger partial charge in [0.15, 0.2) is 0 Å². The van der Waals surface area contributed by atoms with Crippen LogP contribution in [0, 0.1) is 0 Å². The van der Waals surface area contributed by atoms with Crippen molar-refractivity contribution < 1.29 is 9.59 Å². The third-order valence-electron chi connectivity index (χ3n) is 2.58. The van der Waals surface area contributed by atoms with Gasteiger partial charge in [0, 0.05) is 17.3 Å². The first-order valence-corrected chi connectivity index (χ1v) is 7.08. The Kier molecular flexibility index (Phi) is 4.49. The van der Waals surface area contributed by atoms with E-state index in [1.54, 1.807) is 6.07 Å². The molecular weight excluding hydrogens is 272 g/mol. The summed E-state index contributed by atoms with van der Waals surface area (Å²) in [5, 5.41) is 6.07. The lowest BCUT2D eigenvalue weighted by molar-refractivity contribution is -0.127. The van der Waals surface area contributed by atoms with Gasteiger partial charge < -0.3 is 10.6 Å². The fourth-order valence-corrected chi connectivity index (χ4v) is 2.70. The minimum absolute atomic E-state index is 0.0934. The third-order valence-corrected chi connectivity index (χ3v) is 3.98. The Balaban J connectivity index is 1.88. The predicted molar refractivity (Wildman–Crippen MR) is 72.6 cm³/mol. The van der Waals surface area contributed by atoms with Crippen LogP contribution in [0.3, 0.4) is 0 Å². The molecule has 0 aliphatic carbocycles. The topological polar surface area (TPSA) is 58.2 Å². The lowest BCUT2D eigenvalue weighted by atomic mass is 10.2. The van der Waals surface area contributed by atoms with Crippen LogP contribution in [0.4, 0.5) is 0 Å². The number of thioether (sulfide) groups is 1. The summed E-state index contributed by atoms with van der Waals surface area (Å²) in [6.07, 6.45) is 0. The zero-order valence-corrected chi connectivity index (χ0v) is 11.2. The molecule has 2 rings (SSSR count).